The fourth-order valence-electron chi connectivity index (χ4n) is 3.59. The van der Waals surface area contributed by atoms with Crippen molar-refractivity contribution in [3.05, 3.63) is 80.2 Å². The number of imide groups is 1. The summed E-state index contributed by atoms with van der Waals surface area (Å²) in [6, 6.07) is 8.56. The average molecular weight is 536 g/mol. The minimum atomic E-state index is -4.54. The molecule has 186 valence electrons. The van der Waals surface area contributed by atoms with Gasteiger partial charge >= 0.3 is 6.18 Å². The number of aryl methyl sites for hydroxylation is 1. The van der Waals surface area contributed by atoms with E-state index in [2.05, 4.69) is 15.2 Å². The molecular weight excluding hydrogens is 517 g/mol. The summed E-state index contributed by atoms with van der Waals surface area (Å²) in [4.78, 5) is 30.4. The monoisotopic (exact) mass is 535 g/mol. The van der Waals surface area contributed by atoms with Crippen LogP contribution in [0.15, 0.2) is 41.3 Å². The van der Waals surface area contributed by atoms with Crippen LogP contribution in [0, 0.1) is 12.3 Å². The molecule has 1 saturated heterocycles. The number of alkyl halides is 3. The summed E-state index contributed by atoms with van der Waals surface area (Å²) in [5.74, 6) is 0.396. The molecule has 0 bridgehead atoms. The molecule has 2 amide bonds. The predicted octanol–water partition coefficient (Wildman–Crippen LogP) is 4.41. The van der Waals surface area contributed by atoms with Gasteiger partial charge in [-0.05, 0) is 54.6 Å². The Bertz CT molecular complexity index is 1390. The molecule has 13 heteroatoms. The maximum atomic E-state index is 13.4. The summed E-state index contributed by atoms with van der Waals surface area (Å²) in [5.41, 5.74) is 0.810. The van der Waals surface area contributed by atoms with Crippen LogP contribution in [0.3, 0.4) is 0 Å². The number of hydrogen-bond acceptors (Lipinski definition) is 6. The lowest BCUT2D eigenvalue weighted by atomic mass is 10.1. The van der Waals surface area contributed by atoms with Crippen LogP contribution in [0.2, 0.25) is 5.02 Å². The first-order valence-corrected chi connectivity index (χ1v) is 11.7. The molecule has 1 fully saturated rings. The quantitative estimate of drug-likeness (QED) is 0.235. The standard InChI is InChI=1S/C23H18ClF3N6O2S/c1-12-30-20(32-31-12)11-33-21(34)19(36-22(33)35)7-13-2-5-18(15(6-13)9-28)29-10-14-3-4-16(24)8-17(14)23(25,26)27/h2-9,28-29H,10-11H2,1H3,(H,30,31,32)/p+1/b19-7-,28-9?. The van der Waals surface area contributed by atoms with Gasteiger partial charge in [0.15, 0.2) is 5.82 Å². The number of halogens is 4. The molecule has 1 aliphatic rings. The molecule has 2 heterocycles. The Hall–Kier alpha value is -3.48. The molecule has 4 N–H and O–H groups in total. The first kappa shape index (κ1) is 25.6. The van der Waals surface area contributed by atoms with Crippen molar-refractivity contribution in [1.82, 2.24) is 20.1 Å². The molecule has 1 aromatic heterocycles. The molecule has 3 aromatic rings. The number of thioether (sulfide) groups is 1. The van der Waals surface area contributed by atoms with E-state index in [1.54, 1.807) is 30.4 Å². The highest BCUT2D eigenvalue weighted by Gasteiger charge is 2.36. The van der Waals surface area contributed by atoms with Crippen LogP contribution in [0.4, 0.5) is 23.7 Å². The number of benzene rings is 2. The number of nitrogens with zero attached hydrogens (tertiary/aromatic N) is 3. The van der Waals surface area contributed by atoms with Gasteiger partial charge in [0.05, 0.1) is 22.6 Å². The summed E-state index contributed by atoms with van der Waals surface area (Å²) >= 11 is 6.53. The lowest BCUT2D eigenvalue weighted by molar-refractivity contribution is -0.588. The molecule has 1 aliphatic heterocycles. The van der Waals surface area contributed by atoms with Gasteiger partial charge in [0, 0.05) is 22.9 Å². The van der Waals surface area contributed by atoms with Crippen molar-refractivity contribution in [2.24, 2.45) is 0 Å². The summed E-state index contributed by atoms with van der Waals surface area (Å²) in [6.45, 7) is 1.62. The van der Waals surface area contributed by atoms with Crippen LogP contribution in [-0.4, -0.2) is 37.4 Å². The van der Waals surface area contributed by atoms with E-state index in [9.17, 15) is 22.8 Å². The number of nitrogens with two attached hydrogens (primary N) is 1. The fourth-order valence-corrected chi connectivity index (χ4v) is 4.60. The Morgan fingerprint density at radius 1 is 1.22 bits per heavy atom. The highest BCUT2D eigenvalue weighted by atomic mass is 35.5. The number of quaternary nitrogens is 1. The summed E-state index contributed by atoms with van der Waals surface area (Å²) in [6.07, 6.45) is -1.93. The Balaban J connectivity index is 1.51. The molecule has 36 heavy (non-hydrogen) atoms. The van der Waals surface area contributed by atoms with Crippen molar-refractivity contribution in [3.63, 3.8) is 0 Å². The zero-order valence-corrected chi connectivity index (χ0v) is 20.3. The van der Waals surface area contributed by atoms with Crippen molar-refractivity contribution < 1.29 is 28.1 Å². The molecule has 0 spiro atoms. The second kappa shape index (κ2) is 10.2. The maximum absolute atomic E-state index is 13.4. The van der Waals surface area contributed by atoms with Crippen LogP contribution in [0.5, 0.6) is 0 Å². The van der Waals surface area contributed by atoms with Gasteiger partial charge in [-0.15, -0.1) is 0 Å². The van der Waals surface area contributed by atoms with Gasteiger partial charge in [0.25, 0.3) is 11.1 Å². The minimum Gasteiger partial charge on any atom is -0.310 e. The van der Waals surface area contributed by atoms with Gasteiger partial charge in [-0.2, -0.15) is 18.3 Å². The number of H-pyrrole nitrogens is 1. The van der Waals surface area contributed by atoms with Crippen molar-refractivity contribution >= 4 is 52.5 Å². The van der Waals surface area contributed by atoms with E-state index < -0.39 is 22.9 Å². The van der Waals surface area contributed by atoms with Crippen LogP contribution in [-0.2, 0) is 24.1 Å². The third-order valence-corrected chi connectivity index (χ3v) is 6.44. The highest BCUT2D eigenvalue weighted by Crippen LogP contribution is 2.34. The SMILES string of the molecule is Cc1nc(CN2C(=O)S/C(=C\c3ccc([NH2+]Cc4ccc(Cl)cc4C(F)(F)F)c(C=N)c3)C2=O)n[nH]1. The predicted molar refractivity (Wildman–Crippen MR) is 129 cm³/mol. The number of rotatable bonds is 7. The highest BCUT2D eigenvalue weighted by molar-refractivity contribution is 8.18. The molecule has 0 aliphatic carbocycles. The molecule has 0 radical (unpaired) electrons. The first-order valence-electron chi connectivity index (χ1n) is 10.5. The Labute approximate surface area is 212 Å². The molecule has 0 unspecified atom stereocenters. The van der Waals surface area contributed by atoms with E-state index in [0.717, 1.165) is 28.9 Å². The molecule has 8 nitrogen and oxygen atoms in total. The average Bonchev–Trinajstić information content (AvgIpc) is 3.35. The second-order valence-electron chi connectivity index (χ2n) is 7.85. The van der Waals surface area contributed by atoms with Crippen molar-refractivity contribution in [2.75, 3.05) is 0 Å². The number of aromatic nitrogens is 3. The number of nitrogens with one attached hydrogen (secondary N) is 2. The van der Waals surface area contributed by atoms with E-state index >= 15 is 0 Å². The Morgan fingerprint density at radius 3 is 2.67 bits per heavy atom. The summed E-state index contributed by atoms with van der Waals surface area (Å²) < 4.78 is 40.1. The van der Waals surface area contributed by atoms with Gasteiger partial charge < -0.3 is 10.7 Å². The second-order valence-corrected chi connectivity index (χ2v) is 9.27. The lowest BCUT2D eigenvalue weighted by Crippen LogP contribution is -2.76. The fraction of sp³-hybridized carbons (Fsp3) is 0.174. The summed E-state index contributed by atoms with van der Waals surface area (Å²) in [5, 5.41) is 15.5. The number of carbonyl (C=O) groups is 2. The van der Waals surface area contributed by atoms with E-state index in [1.807, 2.05) is 0 Å². The molecular formula is C23H19ClF3N6O2S+. The maximum Gasteiger partial charge on any atom is 0.416 e. The normalized spacial score (nSPS) is 15.2. The number of aromatic amines is 1. The van der Waals surface area contributed by atoms with E-state index in [-0.39, 0.29) is 28.6 Å². The Kier molecular flexibility index (Phi) is 7.29. The van der Waals surface area contributed by atoms with Crippen LogP contribution in [0.1, 0.15) is 33.9 Å². The molecule has 0 atom stereocenters. The number of carbonyl (C=O) groups excluding carboxylic acids is 2. The van der Waals surface area contributed by atoms with E-state index in [0.29, 0.717) is 28.5 Å². The van der Waals surface area contributed by atoms with Gasteiger partial charge in [0.1, 0.15) is 18.1 Å². The largest absolute Gasteiger partial charge is 0.416 e. The third-order valence-electron chi connectivity index (χ3n) is 5.30. The minimum absolute atomic E-state index is 0.00392. The number of amides is 2. The van der Waals surface area contributed by atoms with Crippen LogP contribution in [0.25, 0.3) is 6.08 Å². The topological polar surface area (TPSA) is 119 Å². The van der Waals surface area contributed by atoms with Crippen molar-refractivity contribution in [2.45, 2.75) is 26.2 Å². The van der Waals surface area contributed by atoms with Crippen molar-refractivity contribution in [1.29, 1.82) is 5.41 Å². The molecule has 0 saturated carbocycles. The Morgan fingerprint density at radius 2 is 2.00 bits per heavy atom. The smallest absolute Gasteiger partial charge is 0.310 e. The van der Waals surface area contributed by atoms with E-state index in [1.165, 1.54) is 18.2 Å². The zero-order chi connectivity index (χ0) is 26.0. The first-order chi connectivity index (χ1) is 17.0. The number of hydrogen-bond donors (Lipinski definition) is 3. The van der Waals surface area contributed by atoms with Crippen molar-refractivity contribution in [3.8, 4) is 0 Å². The van der Waals surface area contributed by atoms with Gasteiger partial charge in [-0.3, -0.25) is 19.6 Å². The molecule has 4 rings (SSSR count). The van der Waals surface area contributed by atoms with Gasteiger partial charge in [0.2, 0.25) is 0 Å². The van der Waals surface area contributed by atoms with Crippen LogP contribution >= 0.6 is 23.4 Å². The van der Waals surface area contributed by atoms with E-state index in [4.69, 9.17) is 17.0 Å². The van der Waals surface area contributed by atoms with Gasteiger partial charge in [-0.1, -0.05) is 17.7 Å². The zero-order valence-electron chi connectivity index (χ0n) is 18.7. The van der Waals surface area contributed by atoms with Gasteiger partial charge in [-0.25, -0.2) is 4.98 Å². The lowest BCUT2D eigenvalue weighted by Gasteiger charge is -2.13. The molecule has 2 aromatic carbocycles. The summed E-state index contributed by atoms with van der Waals surface area (Å²) in [7, 11) is 0. The van der Waals surface area contributed by atoms with Crippen LogP contribution < -0.4 is 5.32 Å². The third kappa shape index (κ3) is 5.66.